The highest BCUT2D eigenvalue weighted by molar-refractivity contribution is 6.22. The Morgan fingerprint density at radius 2 is 1.82 bits per heavy atom. The smallest absolute Gasteiger partial charge is 0.413 e. The van der Waals surface area contributed by atoms with Crippen molar-refractivity contribution in [3.63, 3.8) is 0 Å². The van der Waals surface area contributed by atoms with Crippen LogP contribution < -0.4 is 4.90 Å². The van der Waals surface area contributed by atoms with Crippen LogP contribution in [0.4, 0.5) is 16.2 Å². The summed E-state index contributed by atoms with van der Waals surface area (Å²) >= 11 is 0. The van der Waals surface area contributed by atoms with Crippen molar-refractivity contribution in [3.8, 4) is 5.88 Å². The summed E-state index contributed by atoms with van der Waals surface area (Å²) in [4.78, 5) is 24.2. The molecular weight excluding hydrogens is 476 g/mol. The number of amides is 1. The molecule has 1 saturated heterocycles. The molecular formula is C31H34N4O3. The van der Waals surface area contributed by atoms with E-state index in [0.29, 0.717) is 17.0 Å². The summed E-state index contributed by atoms with van der Waals surface area (Å²) in [6.07, 6.45) is 3.40. The van der Waals surface area contributed by atoms with Crippen LogP contribution in [0.15, 0.2) is 71.7 Å². The highest BCUT2D eigenvalue weighted by Gasteiger charge is 2.21. The predicted molar refractivity (Wildman–Crippen MR) is 153 cm³/mol. The zero-order valence-electron chi connectivity index (χ0n) is 22.2. The molecule has 1 fully saturated rings. The molecule has 2 N–H and O–H groups in total. The summed E-state index contributed by atoms with van der Waals surface area (Å²) in [5, 5.41) is 11.8. The minimum atomic E-state index is -0.470. The van der Waals surface area contributed by atoms with Gasteiger partial charge < -0.3 is 14.8 Å². The fraction of sp³-hybridized carbons (Fsp3) is 0.290. The molecule has 5 rings (SSSR count). The number of nitrogens with one attached hydrogen (secondary N) is 1. The molecule has 7 heteroatoms. The Balaban J connectivity index is 1.58. The van der Waals surface area contributed by atoms with Crippen LogP contribution in [-0.2, 0) is 11.3 Å². The fourth-order valence-electron chi connectivity index (χ4n) is 5.13. The number of methoxy groups -OCH3 is 1. The SMILES string of the molecule is COC(=O)N(C)c1ccc2[nH]c(O)c(C(=Nc3ccc(CN4CCCCC4)c(C)c3)c3ccccc3)c2c1. The van der Waals surface area contributed by atoms with Gasteiger partial charge >= 0.3 is 6.09 Å². The zero-order valence-corrected chi connectivity index (χ0v) is 22.2. The Kier molecular flexibility index (Phi) is 7.47. The molecule has 1 aliphatic rings. The lowest BCUT2D eigenvalue weighted by Gasteiger charge is -2.27. The fourth-order valence-corrected chi connectivity index (χ4v) is 5.13. The molecule has 2 heterocycles. The van der Waals surface area contributed by atoms with E-state index in [-0.39, 0.29) is 5.88 Å². The standard InChI is InChI=1S/C31H34N4O3/c1-21-18-24(13-12-23(21)20-35-16-8-5-9-17-35)32-29(22-10-6-4-7-11-22)28-26-19-25(34(2)31(37)38-3)14-15-27(26)33-30(28)36/h4,6-7,10-15,18-19,33,36H,5,8-9,16-17,20H2,1-3H3. The molecule has 0 bridgehead atoms. The van der Waals surface area contributed by atoms with Crippen molar-refractivity contribution >= 4 is 34.1 Å². The van der Waals surface area contributed by atoms with Gasteiger partial charge in [-0.15, -0.1) is 0 Å². The van der Waals surface area contributed by atoms with Gasteiger partial charge in [0.1, 0.15) is 0 Å². The van der Waals surface area contributed by atoms with Crippen molar-refractivity contribution in [1.29, 1.82) is 0 Å². The molecule has 0 saturated carbocycles. The van der Waals surface area contributed by atoms with Crippen LogP contribution in [0.25, 0.3) is 10.9 Å². The average molecular weight is 511 g/mol. The highest BCUT2D eigenvalue weighted by atomic mass is 16.5. The molecule has 7 nitrogen and oxygen atoms in total. The van der Waals surface area contributed by atoms with Crippen molar-refractivity contribution in [2.45, 2.75) is 32.7 Å². The molecule has 1 aliphatic heterocycles. The molecule has 4 aromatic rings. The first kappa shape index (κ1) is 25.5. The molecule has 0 unspecified atom stereocenters. The number of aryl methyl sites for hydroxylation is 1. The molecule has 0 aliphatic carbocycles. The summed E-state index contributed by atoms with van der Waals surface area (Å²) in [6, 6.07) is 21.7. The van der Waals surface area contributed by atoms with Gasteiger partial charge in [0.15, 0.2) is 5.88 Å². The monoisotopic (exact) mass is 510 g/mol. The summed E-state index contributed by atoms with van der Waals surface area (Å²) in [5.74, 6) is 0.0268. The van der Waals surface area contributed by atoms with Crippen LogP contribution in [0.5, 0.6) is 5.88 Å². The van der Waals surface area contributed by atoms with E-state index < -0.39 is 6.09 Å². The Morgan fingerprint density at radius 3 is 2.53 bits per heavy atom. The third-order valence-corrected chi connectivity index (χ3v) is 7.29. The van der Waals surface area contributed by atoms with Gasteiger partial charge in [0, 0.05) is 35.7 Å². The maximum absolute atomic E-state index is 12.1. The number of benzene rings is 3. The average Bonchev–Trinajstić information content (AvgIpc) is 3.28. The number of carbonyl (C=O) groups excluding carboxylic acids is 1. The summed E-state index contributed by atoms with van der Waals surface area (Å²) in [7, 11) is 3.00. The lowest BCUT2D eigenvalue weighted by molar-refractivity contribution is 0.180. The number of anilines is 1. The Labute approximate surface area is 223 Å². The number of aromatic hydroxyl groups is 1. The Morgan fingerprint density at radius 1 is 1.05 bits per heavy atom. The summed E-state index contributed by atoms with van der Waals surface area (Å²) in [5.41, 5.74) is 6.85. The molecule has 196 valence electrons. The lowest BCUT2D eigenvalue weighted by Crippen LogP contribution is -2.29. The van der Waals surface area contributed by atoms with E-state index in [0.717, 1.165) is 41.8 Å². The number of rotatable bonds is 6. The van der Waals surface area contributed by atoms with Gasteiger partial charge in [-0.3, -0.25) is 9.80 Å². The van der Waals surface area contributed by atoms with Crippen LogP contribution in [0.3, 0.4) is 0 Å². The van der Waals surface area contributed by atoms with Crippen molar-refractivity contribution in [2.75, 3.05) is 32.1 Å². The van der Waals surface area contributed by atoms with E-state index in [4.69, 9.17) is 9.73 Å². The number of carbonyl (C=O) groups is 1. The minimum Gasteiger partial charge on any atom is -0.494 e. The van der Waals surface area contributed by atoms with Crippen molar-refractivity contribution < 1.29 is 14.6 Å². The highest BCUT2D eigenvalue weighted by Crippen LogP contribution is 2.34. The quantitative estimate of drug-likeness (QED) is 0.289. The zero-order chi connectivity index (χ0) is 26.6. The maximum Gasteiger partial charge on any atom is 0.413 e. The van der Waals surface area contributed by atoms with E-state index in [1.807, 2.05) is 48.5 Å². The van der Waals surface area contributed by atoms with E-state index >= 15 is 0 Å². The van der Waals surface area contributed by atoms with Gasteiger partial charge in [0.05, 0.1) is 24.1 Å². The molecule has 0 radical (unpaired) electrons. The predicted octanol–water partition coefficient (Wildman–Crippen LogP) is 6.54. The van der Waals surface area contributed by atoms with Gasteiger partial charge in [0.2, 0.25) is 0 Å². The number of aromatic nitrogens is 1. The molecule has 0 atom stereocenters. The van der Waals surface area contributed by atoms with Crippen molar-refractivity contribution in [3.05, 3.63) is 89.0 Å². The number of fused-ring (bicyclic) bond motifs is 1. The van der Waals surface area contributed by atoms with Crippen LogP contribution in [0, 0.1) is 6.92 Å². The van der Waals surface area contributed by atoms with Crippen LogP contribution in [-0.4, -0.2) is 54.0 Å². The number of hydrogen-bond acceptors (Lipinski definition) is 5. The number of aromatic amines is 1. The molecule has 1 aromatic heterocycles. The van der Waals surface area contributed by atoms with E-state index in [9.17, 15) is 9.90 Å². The summed E-state index contributed by atoms with van der Waals surface area (Å²) < 4.78 is 4.88. The number of piperidine rings is 1. The summed E-state index contributed by atoms with van der Waals surface area (Å²) in [6.45, 7) is 5.41. The van der Waals surface area contributed by atoms with Crippen LogP contribution in [0.1, 0.15) is 41.5 Å². The second-order valence-corrected chi connectivity index (χ2v) is 9.88. The number of likely N-dealkylation sites (tertiary alicyclic amines) is 1. The third-order valence-electron chi connectivity index (χ3n) is 7.29. The molecule has 38 heavy (non-hydrogen) atoms. The van der Waals surface area contributed by atoms with E-state index in [2.05, 4.69) is 35.0 Å². The Hall–Kier alpha value is -4.10. The second kappa shape index (κ2) is 11.1. The maximum atomic E-state index is 12.1. The van der Waals surface area contributed by atoms with Gasteiger partial charge in [0.25, 0.3) is 0 Å². The normalized spacial score (nSPS) is 14.6. The Bertz CT molecular complexity index is 1470. The molecule has 3 aromatic carbocycles. The second-order valence-electron chi connectivity index (χ2n) is 9.88. The van der Waals surface area contributed by atoms with Gasteiger partial charge in [-0.2, -0.15) is 0 Å². The topological polar surface area (TPSA) is 81.2 Å². The largest absolute Gasteiger partial charge is 0.494 e. The van der Waals surface area contributed by atoms with E-state index in [1.54, 1.807) is 7.05 Å². The first-order valence-electron chi connectivity index (χ1n) is 13.1. The lowest BCUT2D eigenvalue weighted by atomic mass is 10.00. The van der Waals surface area contributed by atoms with E-state index in [1.165, 1.54) is 42.4 Å². The number of nitrogens with zero attached hydrogens (tertiary/aromatic N) is 3. The van der Waals surface area contributed by atoms with Gasteiger partial charge in [-0.25, -0.2) is 9.79 Å². The van der Waals surface area contributed by atoms with Crippen molar-refractivity contribution in [2.24, 2.45) is 4.99 Å². The molecule has 0 spiro atoms. The first-order chi connectivity index (χ1) is 18.4. The number of aliphatic imine (C=N–C) groups is 1. The van der Waals surface area contributed by atoms with Crippen LogP contribution >= 0.6 is 0 Å². The van der Waals surface area contributed by atoms with Gasteiger partial charge in [-0.1, -0.05) is 42.8 Å². The number of hydrogen-bond donors (Lipinski definition) is 2. The first-order valence-corrected chi connectivity index (χ1v) is 13.1. The number of ether oxygens (including phenoxy) is 1. The third kappa shape index (κ3) is 5.29. The van der Waals surface area contributed by atoms with Crippen LogP contribution in [0.2, 0.25) is 0 Å². The minimum absolute atomic E-state index is 0.0268. The number of H-pyrrole nitrogens is 1. The van der Waals surface area contributed by atoms with Gasteiger partial charge in [-0.05, 0) is 74.3 Å². The van der Waals surface area contributed by atoms with Crippen molar-refractivity contribution in [1.82, 2.24) is 9.88 Å². The molecule has 1 amide bonds.